The van der Waals surface area contributed by atoms with Crippen molar-refractivity contribution in [1.29, 1.82) is 0 Å². The van der Waals surface area contributed by atoms with Crippen molar-refractivity contribution in [2.45, 2.75) is 38.1 Å². The molecule has 2 aromatic heterocycles. The van der Waals surface area contributed by atoms with Gasteiger partial charge in [-0.2, -0.15) is 0 Å². The van der Waals surface area contributed by atoms with E-state index < -0.39 is 0 Å². The minimum absolute atomic E-state index is 0.186. The number of aryl methyl sites for hydroxylation is 2. The lowest BCUT2D eigenvalue weighted by Gasteiger charge is -2.23. The van der Waals surface area contributed by atoms with Gasteiger partial charge in [0.05, 0.1) is 6.04 Å². The van der Waals surface area contributed by atoms with Crippen LogP contribution < -0.4 is 11.3 Å². The van der Waals surface area contributed by atoms with Gasteiger partial charge in [0.1, 0.15) is 0 Å². The zero-order valence-corrected chi connectivity index (χ0v) is 11.9. The molecule has 2 heterocycles. The number of nitrogens with zero attached hydrogens (tertiary/aromatic N) is 1. The number of hydrogen-bond acceptors (Lipinski definition) is 4. The number of nitrogens with one attached hydrogen (secondary N) is 1. The van der Waals surface area contributed by atoms with E-state index in [1.54, 1.807) is 11.3 Å². The number of fused-ring (bicyclic) bond motifs is 1. The van der Waals surface area contributed by atoms with Crippen LogP contribution in [0.2, 0.25) is 0 Å². The molecule has 19 heavy (non-hydrogen) atoms. The van der Waals surface area contributed by atoms with Crippen molar-refractivity contribution in [2.75, 3.05) is 0 Å². The second kappa shape index (κ2) is 5.41. The highest BCUT2D eigenvalue weighted by molar-refractivity contribution is 7.10. The monoisotopic (exact) mass is 273 g/mol. The number of rotatable bonds is 4. The molecule has 2 unspecified atom stereocenters. The van der Waals surface area contributed by atoms with Crippen molar-refractivity contribution in [3.05, 3.63) is 51.5 Å². The largest absolute Gasteiger partial charge is 0.271 e. The second-order valence-corrected chi connectivity index (χ2v) is 5.95. The van der Waals surface area contributed by atoms with Crippen molar-refractivity contribution < 1.29 is 0 Å². The molecule has 0 saturated carbocycles. The molecule has 0 saturated heterocycles. The molecule has 3 nitrogen and oxygen atoms in total. The molecule has 3 N–H and O–H groups in total. The van der Waals surface area contributed by atoms with Crippen LogP contribution in [0.15, 0.2) is 29.8 Å². The third kappa shape index (κ3) is 2.20. The van der Waals surface area contributed by atoms with Gasteiger partial charge in [-0.3, -0.25) is 16.3 Å². The molecule has 0 aromatic carbocycles. The Labute approximate surface area is 117 Å². The van der Waals surface area contributed by atoms with Gasteiger partial charge < -0.3 is 0 Å². The first kappa shape index (κ1) is 12.8. The molecular formula is C15H19N3S. The molecule has 2 aromatic rings. The van der Waals surface area contributed by atoms with Crippen LogP contribution in [0.25, 0.3) is 0 Å². The molecule has 100 valence electrons. The zero-order valence-electron chi connectivity index (χ0n) is 11.1. The number of aromatic nitrogens is 1. The standard InChI is InChI=1S/C15H19N3S/c1-2-10-7-9-19-15(10)14(18-16)12-6-5-11-4-3-8-17-13(11)12/h3-4,7-9,12,14,18H,2,5-6,16H2,1H3. The summed E-state index contributed by atoms with van der Waals surface area (Å²) in [5.41, 5.74) is 7.03. The van der Waals surface area contributed by atoms with Crippen molar-refractivity contribution in [3.8, 4) is 0 Å². The normalized spacial score (nSPS) is 19.4. The van der Waals surface area contributed by atoms with E-state index >= 15 is 0 Å². The average Bonchev–Trinajstić information content (AvgIpc) is 3.07. The van der Waals surface area contributed by atoms with Gasteiger partial charge in [-0.05, 0) is 47.9 Å². The summed E-state index contributed by atoms with van der Waals surface area (Å²) in [7, 11) is 0. The minimum atomic E-state index is 0.186. The molecule has 3 rings (SSSR count). The Kier molecular flexibility index (Phi) is 3.64. The first-order valence-corrected chi connectivity index (χ1v) is 7.69. The SMILES string of the molecule is CCc1ccsc1C(NN)C1CCc2cccnc21. The van der Waals surface area contributed by atoms with Crippen molar-refractivity contribution in [1.82, 2.24) is 10.4 Å². The van der Waals surface area contributed by atoms with E-state index in [1.165, 1.54) is 21.7 Å². The average molecular weight is 273 g/mol. The van der Waals surface area contributed by atoms with Gasteiger partial charge in [0.25, 0.3) is 0 Å². The molecule has 2 atom stereocenters. The zero-order chi connectivity index (χ0) is 13.2. The molecular weight excluding hydrogens is 254 g/mol. The van der Waals surface area contributed by atoms with Crippen LogP contribution >= 0.6 is 11.3 Å². The Morgan fingerprint density at radius 3 is 3.21 bits per heavy atom. The summed E-state index contributed by atoms with van der Waals surface area (Å²) in [5.74, 6) is 6.25. The summed E-state index contributed by atoms with van der Waals surface area (Å²) < 4.78 is 0. The summed E-state index contributed by atoms with van der Waals surface area (Å²) in [5, 5.41) is 2.16. The maximum Gasteiger partial charge on any atom is 0.0639 e. The Bertz CT molecular complexity index is 564. The third-order valence-electron chi connectivity index (χ3n) is 4.03. The minimum Gasteiger partial charge on any atom is -0.271 e. The van der Waals surface area contributed by atoms with Gasteiger partial charge in [0.15, 0.2) is 0 Å². The summed E-state index contributed by atoms with van der Waals surface area (Å²) in [6, 6.07) is 6.60. The van der Waals surface area contributed by atoms with E-state index in [4.69, 9.17) is 5.84 Å². The first-order chi connectivity index (χ1) is 9.35. The first-order valence-electron chi connectivity index (χ1n) is 6.81. The molecule has 4 heteroatoms. The molecule has 1 aliphatic rings. The summed E-state index contributed by atoms with van der Waals surface area (Å²) in [6.07, 6.45) is 5.18. The van der Waals surface area contributed by atoms with Gasteiger partial charge in [0, 0.05) is 22.7 Å². The number of nitrogens with two attached hydrogens (primary N) is 1. The Morgan fingerprint density at radius 2 is 2.42 bits per heavy atom. The van der Waals surface area contributed by atoms with Gasteiger partial charge in [0.2, 0.25) is 0 Å². The Morgan fingerprint density at radius 1 is 1.53 bits per heavy atom. The van der Waals surface area contributed by atoms with Crippen molar-refractivity contribution in [3.63, 3.8) is 0 Å². The van der Waals surface area contributed by atoms with Crippen LogP contribution in [-0.2, 0) is 12.8 Å². The lowest BCUT2D eigenvalue weighted by Crippen LogP contribution is -2.32. The molecule has 0 aliphatic heterocycles. The number of thiophene rings is 1. The van der Waals surface area contributed by atoms with Crippen LogP contribution in [0, 0.1) is 0 Å². The summed E-state index contributed by atoms with van der Waals surface area (Å²) >= 11 is 1.80. The molecule has 0 radical (unpaired) electrons. The Hall–Kier alpha value is -1.23. The van der Waals surface area contributed by atoms with Crippen LogP contribution in [-0.4, -0.2) is 4.98 Å². The van der Waals surface area contributed by atoms with Crippen LogP contribution in [0.5, 0.6) is 0 Å². The van der Waals surface area contributed by atoms with Crippen LogP contribution in [0.1, 0.15) is 47.0 Å². The van der Waals surface area contributed by atoms with E-state index in [1.807, 2.05) is 12.3 Å². The van der Waals surface area contributed by atoms with Gasteiger partial charge >= 0.3 is 0 Å². The summed E-state index contributed by atoms with van der Waals surface area (Å²) in [4.78, 5) is 5.95. The van der Waals surface area contributed by atoms with Gasteiger partial charge in [-0.1, -0.05) is 13.0 Å². The smallest absolute Gasteiger partial charge is 0.0639 e. The molecule has 0 fully saturated rings. The number of hydrogen-bond donors (Lipinski definition) is 2. The van der Waals surface area contributed by atoms with Crippen molar-refractivity contribution in [2.24, 2.45) is 5.84 Å². The van der Waals surface area contributed by atoms with Crippen LogP contribution in [0.3, 0.4) is 0 Å². The molecule has 0 amide bonds. The van der Waals surface area contributed by atoms with Gasteiger partial charge in [-0.15, -0.1) is 11.3 Å². The fraction of sp³-hybridized carbons (Fsp3) is 0.400. The summed E-state index contributed by atoms with van der Waals surface area (Å²) in [6.45, 7) is 2.19. The lowest BCUT2D eigenvalue weighted by molar-refractivity contribution is 0.451. The van der Waals surface area contributed by atoms with E-state index in [-0.39, 0.29) is 6.04 Å². The van der Waals surface area contributed by atoms with E-state index in [9.17, 15) is 0 Å². The fourth-order valence-corrected chi connectivity index (χ4v) is 4.18. The van der Waals surface area contributed by atoms with Gasteiger partial charge in [-0.25, -0.2) is 0 Å². The molecule has 1 aliphatic carbocycles. The highest BCUT2D eigenvalue weighted by Gasteiger charge is 2.32. The number of pyridine rings is 1. The maximum absolute atomic E-state index is 5.85. The predicted octanol–water partition coefficient (Wildman–Crippen LogP) is 2.94. The van der Waals surface area contributed by atoms with Crippen LogP contribution in [0.4, 0.5) is 0 Å². The molecule has 0 bridgehead atoms. The molecule has 0 spiro atoms. The topological polar surface area (TPSA) is 50.9 Å². The van der Waals surface area contributed by atoms with Crippen molar-refractivity contribution >= 4 is 11.3 Å². The highest BCUT2D eigenvalue weighted by Crippen LogP contribution is 2.42. The van der Waals surface area contributed by atoms with E-state index in [2.05, 4.69) is 34.8 Å². The van der Waals surface area contributed by atoms with E-state index in [0.717, 1.165) is 19.3 Å². The lowest BCUT2D eigenvalue weighted by atomic mass is 9.94. The Balaban J connectivity index is 1.97. The third-order valence-corrected chi connectivity index (χ3v) is 5.07. The predicted molar refractivity (Wildman–Crippen MR) is 79.1 cm³/mol. The second-order valence-electron chi connectivity index (χ2n) is 5.00. The quantitative estimate of drug-likeness (QED) is 0.665. The highest BCUT2D eigenvalue weighted by atomic mass is 32.1. The fourth-order valence-electron chi connectivity index (χ4n) is 3.06. The maximum atomic E-state index is 5.85. The number of hydrazine groups is 1. The van der Waals surface area contributed by atoms with E-state index in [0.29, 0.717) is 5.92 Å².